The number of methoxy groups -OCH3 is 1. The van der Waals surface area contributed by atoms with Crippen LogP contribution in [0.25, 0.3) is 22.0 Å². The normalized spacial score (nSPS) is 12.4. The number of fused-ring (bicyclic) bond motifs is 2. The lowest BCUT2D eigenvalue weighted by molar-refractivity contribution is -0.122. The molecule has 0 spiro atoms. The number of nitrogens with zero attached hydrogens (tertiary/aromatic N) is 1. The van der Waals surface area contributed by atoms with Crippen LogP contribution >= 0.6 is 0 Å². The SMILES string of the molecule is COc1ccc2c(C)c(CCC(=O)NC(c3nc4ccccc4[nH]3)C(C)C)c(=O)oc2c1. The summed E-state index contributed by atoms with van der Waals surface area (Å²) >= 11 is 0. The number of carbonyl (C=O) groups is 1. The van der Waals surface area contributed by atoms with E-state index in [0.717, 1.165) is 27.8 Å². The molecule has 7 nitrogen and oxygen atoms in total. The largest absolute Gasteiger partial charge is 0.497 e. The molecule has 0 fully saturated rings. The second-order valence-electron chi connectivity index (χ2n) is 8.28. The van der Waals surface area contributed by atoms with Gasteiger partial charge in [0.1, 0.15) is 17.2 Å². The number of para-hydroxylation sites is 2. The van der Waals surface area contributed by atoms with Crippen LogP contribution in [0, 0.1) is 12.8 Å². The van der Waals surface area contributed by atoms with Gasteiger partial charge in [0.15, 0.2) is 0 Å². The van der Waals surface area contributed by atoms with Crippen molar-refractivity contribution in [2.75, 3.05) is 7.11 Å². The fourth-order valence-electron chi connectivity index (χ4n) is 3.95. The molecule has 2 heterocycles. The van der Waals surface area contributed by atoms with E-state index in [1.54, 1.807) is 13.2 Å². The number of aromatic nitrogens is 2. The van der Waals surface area contributed by atoms with E-state index in [9.17, 15) is 9.59 Å². The zero-order valence-electron chi connectivity index (χ0n) is 18.7. The van der Waals surface area contributed by atoms with Gasteiger partial charge in [0.25, 0.3) is 0 Å². The molecule has 0 radical (unpaired) electrons. The van der Waals surface area contributed by atoms with Gasteiger partial charge in [-0.2, -0.15) is 0 Å². The fraction of sp³-hybridized carbons (Fsp3) is 0.320. The number of aromatic amines is 1. The zero-order valence-corrected chi connectivity index (χ0v) is 18.7. The molecule has 4 aromatic rings. The minimum absolute atomic E-state index is 0.141. The van der Waals surface area contributed by atoms with Gasteiger partial charge in [-0.1, -0.05) is 26.0 Å². The highest BCUT2D eigenvalue weighted by Gasteiger charge is 2.22. The van der Waals surface area contributed by atoms with Crippen molar-refractivity contribution in [2.45, 2.75) is 39.7 Å². The third-order valence-corrected chi connectivity index (χ3v) is 5.78. The highest BCUT2D eigenvalue weighted by atomic mass is 16.5. The van der Waals surface area contributed by atoms with Crippen LogP contribution in [-0.4, -0.2) is 23.0 Å². The first kappa shape index (κ1) is 21.6. The van der Waals surface area contributed by atoms with E-state index in [-0.39, 0.29) is 24.3 Å². The maximum Gasteiger partial charge on any atom is 0.339 e. The van der Waals surface area contributed by atoms with Crippen LogP contribution in [0.15, 0.2) is 51.7 Å². The van der Waals surface area contributed by atoms with Crippen molar-refractivity contribution in [1.29, 1.82) is 0 Å². The third kappa shape index (κ3) is 4.23. The maximum atomic E-state index is 12.8. The number of rotatable bonds is 7. The van der Waals surface area contributed by atoms with E-state index in [1.807, 2.05) is 57.2 Å². The van der Waals surface area contributed by atoms with Crippen molar-refractivity contribution in [1.82, 2.24) is 15.3 Å². The van der Waals surface area contributed by atoms with Gasteiger partial charge in [-0.15, -0.1) is 0 Å². The number of amides is 1. The number of H-pyrrole nitrogens is 1. The fourth-order valence-corrected chi connectivity index (χ4v) is 3.95. The molecule has 2 aromatic carbocycles. The minimum Gasteiger partial charge on any atom is -0.497 e. The molecule has 1 amide bonds. The first-order valence-corrected chi connectivity index (χ1v) is 10.7. The summed E-state index contributed by atoms with van der Waals surface area (Å²) in [4.78, 5) is 33.3. The van der Waals surface area contributed by atoms with Gasteiger partial charge in [-0.25, -0.2) is 9.78 Å². The van der Waals surface area contributed by atoms with Crippen molar-refractivity contribution in [3.05, 3.63) is 69.8 Å². The van der Waals surface area contributed by atoms with Crippen LogP contribution in [0.3, 0.4) is 0 Å². The Morgan fingerprint density at radius 2 is 2.00 bits per heavy atom. The standard InChI is InChI=1S/C25H27N3O4/c1-14(2)23(24-26-19-7-5-6-8-20(19)27-24)28-22(29)12-11-18-15(3)17-10-9-16(31-4)13-21(17)32-25(18)30/h5-10,13-14,23H,11-12H2,1-4H3,(H,26,27)(H,28,29). The van der Waals surface area contributed by atoms with Crippen LogP contribution in [0.4, 0.5) is 0 Å². The minimum atomic E-state index is -0.422. The predicted molar refractivity (Wildman–Crippen MR) is 124 cm³/mol. The maximum absolute atomic E-state index is 12.8. The molecule has 1 unspecified atom stereocenters. The van der Waals surface area contributed by atoms with Gasteiger partial charge >= 0.3 is 5.63 Å². The summed E-state index contributed by atoms with van der Waals surface area (Å²) in [6.45, 7) is 5.95. The number of nitrogens with one attached hydrogen (secondary N) is 2. The lowest BCUT2D eigenvalue weighted by atomic mass is 10.0. The third-order valence-electron chi connectivity index (χ3n) is 5.78. The highest BCUT2D eigenvalue weighted by molar-refractivity contribution is 5.83. The average molecular weight is 434 g/mol. The van der Waals surface area contributed by atoms with Crippen molar-refractivity contribution in [3.63, 3.8) is 0 Å². The molecule has 0 saturated heterocycles. The number of ether oxygens (including phenoxy) is 1. The highest BCUT2D eigenvalue weighted by Crippen LogP contribution is 2.25. The summed E-state index contributed by atoms with van der Waals surface area (Å²) in [6, 6.07) is 12.9. The smallest absolute Gasteiger partial charge is 0.339 e. The van der Waals surface area contributed by atoms with E-state index in [4.69, 9.17) is 9.15 Å². The second-order valence-corrected chi connectivity index (χ2v) is 8.28. The molecule has 2 N–H and O–H groups in total. The number of imidazole rings is 1. The Morgan fingerprint density at radius 3 is 2.72 bits per heavy atom. The number of carbonyl (C=O) groups excluding carboxylic acids is 1. The van der Waals surface area contributed by atoms with Gasteiger partial charge in [-0.05, 0) is 49.1 Å². The lowest BCUT2D eigenvalue weighted by Crippen LogP contribution is -2.33. The molecular formula is C25H27N3O4. The van der Waals surface area contributed by atoms with Gasteiger partial charge in [-0.3, -0.25) is 4.79 Å². The Kier molecular flexibility index (Phi) is 5.99. The van der Waals surface area contributed by atoms with E-state index in [2.05, 4.69) is 15.3 Å². The number of aryl methyl sites for hydroxylation is 1. The van der Waals surface area contributed by atoms with Gasteiger partial charge in [0.05, 0.1) is 24.2 Å². The molecule has 32 heavy (non-hydrogen) atoms. The topological polar surface area (TPSA) is 97.2 Å². The average Bonchev–Trinajstić information content (AvgIpc) is 3.20. The van der Waals surface area contributed by atoms with Crippen molar-refractivity contribution in [3.8, 4) is 5.75 Å². The Balaban J connectivity index is 1.51. The molecule has 1 atom stereocenters. The number of hydrogen-bond acceptors (Lipinski definition) is 5. The number of benzene rings is 2. The molecule has 0 bridgehead atoms. The van der Waals surface area contributed by atoms with E-state index in [1.165, 1.54) is 0 Å². The van der Waals surface area contributed by atoms with Crippen molar-refractivity contribution < 1.29 is 13.9 Å². The molecule has 0 aliphatic rings. The molecule has 166 valence electrons. The molecule has 2 aromatic heterocycles. The Bertz CT molecular complexity index is 1300. The van der Waals surface area contributed by atoms with Crippen LogP contribution in [0.5, 0.6) is 5.75 Å². The number of hydrogen-bond donors (Lipinski definition) is 2. The summed E-state index contributed by atoms with van der Waals surface area (Å²) < 4.78 is 10.7. The summed E-state index contributed by atoms with van der Waals surface area (Å²) in [5.41, 5.74) is 3.19. The van der Waals surface area contributed by atoms with Gasteiger partial charge in [0.2, 0.25) is 5.91 Å². The molecule has 4 rings (SSSR count). The summed E-state index contributed by atoms with van der Waals surface area (Å²) in [6.07, 6.45) is 0.476. The Hall–Kier alpha value is -3.61. The molecule has 0 aliphatic heterocycles. The summed E-state index contributed by atoms with van der Waals surface area (Å²) in [5, 5.41) is 3.91. The quantitative estimate of drug-likeness (QED) is 0.420. The second kappa shape index (κ2) is 8.86. The Morgan fingerprint density at radius 1 is 1.22 bits per heavy atom. The van der Waals surface area contributed by atoms with Crippen molar-refractivity contribution >= 4 is 27.9 Å². The van der Waals surface area contributed by atoms with Crippen LogP contribution in [-0.2, 0) is 11.2 Å². The van der Waals surface area contributed by atoms with Crippen molar-refractivity contribution in [2.24, 2.45) is 5.92 Å². The first-order chi connectivity index (χ1) is 15.4. The zero-order chi connectivity index (χ0) is 22.8. The van der Waals surface area contributed by atoms with E-state index >= 15 is 0 Å². The van der Waals surface area contributed by atoms with Gasteiger partial charge in [0, 0.05) is 23.4 Å². The predicted octanol–water partition coefficient (Wildman–Crippen LogP) is 4.43. The van der Waals surface area contributed by atoms with Crippen LogP contribution in [0.2, 0.25) is 0 Å². The molecular weight excluding hydrogens is 406 g/mol. The summed E-state index contributed by atoms with van der Waals surface area (Å²) in [7, 11) is 1.56. The van der Waals surface area contributed by atoms with E-state index < -0.39 is 5.63 Å². The Labute approximate surface area is 185 Å². The monoisotopic (exact) mass is 433 g/mol. The summed E-state index contributed by atoms with van der Waals surface area (Å²) in [5.74, 6) is 1.35. The lowest BCUT2D eigenvalue weighted by Gasteiger charge is -2.20. The molecule has 0 aliphatic carbocycles. The van der Waals surface area contributed by atoms with Crippen LogP contribution < -0.4 is 15.7 Å². The van der Waals surface area contributed by atoms with Gasteiger partial charge < -0.3 is 19.5 Å². The molecule has 7 heteroatoms. The van der Waals surface area contributed by atoms with E-state index in [0.29, 0.717) is 23.3 Å². The molecule has 0 saturated carbocycles. The van der Waals surface area contributed by atoms with Crippen LogP contribution in [0.1, 0.15) is 43.3 Å². The first-order valence-electron chi connectivity index (χ1n) is 10.7.